The van der Waals surface area contributed by atoms with Gasteiger partial charge in [0, 0.05) is 12.2 Å². The van der Waals surface area contributed by atoms with Crippen LogP contribution in [0.1, 0.15) is 43.8 Å². The molecule has 24 heavy (non-hydrogen) atoms. The molecular weight excluding hydrogens is 323 g/mol. The summed E-state index contributed by atoms with van der Waals surface area (Å²) in [6.45, 7) is 0.524. The van der Waals surface area contributed by atoms with Crippen LogP contribution in [0.25, 0.3) is 0 Å². The number of halogens is 3. The fraction of sp³-hybridized carbons (Fsp3) is 0.588. The molecule has 1 aromatic rings. The van der Waals surface area contributed by atoms with E-state index in [1.807, 2.05) is 0 Å². The second-order valence-electron chi connectivity index (χ2n) is 6.75. The van der Waals surface area contributed by atoms with Gasteiger partial charge in [0.15, 0.2) is 6.10 Å². The van der Waals surface area contributed by atoms with E-state index in [0.29, 0.717) is 44.3 Å². The number of hydrogen-bond acceptors (Lipinski definition) is 3. The Morgan fingerprint density at radius 1 is 1.12 bits per heavy atom. The van der Waals surface area contributed by atoms with Gasteiger partial charge in [0.1, 0.15) is 0 Å². The van der Waals surface area contributed by atoms with Gasteiger partial charge in [0.05, 0.1) is 11.5 Å². The third-order valence-electron chi connectivity index (χ3n) is 5.26. The van der Waals surface area contributed by atoms with Crippen LogP contribution < -0.4 is 4.90 Å². The van der Waals surface area contributed by atoms with Gasteiger partial charge in [-0.3, -0.25) is 4.79 Å². The number of aliphatic hydroxyl groups excluding tert-OH is 2. The number of alkyl halides is 3. The van der Waals surface area contributed by atoms with E-state index >= 15 is 0 Å². The summed E-state index contributed by atoms with van der Waals surface area (Å²) in [6.07, 6.45) is -4.37. The zero-order valence-electron chi connectivity index (χ0n) is 13.1. The molecule has 1 unspecified atom stereocenters. The summed E-state index contributed by atoms with van der Waals surface area (Å²) >= 11 is 0. The molecule has 3 rings (SSSR count). The largest absolute Gasteiger partial charge is 0.418 e. The van der Waals surface area contributed by atoms with E-state index in [4.69, 9.17) is 0 Å². The monoisotopic (exact) mass is 343 g/mol. The molecule has 1 atom stereocenters. The van der Waals surface area contributed by atoms with Crippen molar-refractivity contribution >= 4 is 11.6 Å². The molecular formula is C17H20F3NO3. The molecule has 2 aliphatic rings. The van der Waals surface area contributed by atoms with Crippen molar-refractivity contribution in [3.05, 3.63) is 29.8 Å². The highest BCUT2D eigenvalue weighted by molar-refractivity contribution is 5.99. The summed E-state index contributed by atoms with van der Waals surface area (Å²) in [4.78, 5) is 14.4. The second kappa shape index (κ2) is 6.04. The molecule has 0 radical (unpaired) electrons. The lowest BCUT2D eigenvalue weighted by molar-refractivity contribution is -0.206. The summed E-state index contributed by atoms with van der Waals surface area (Å²) in [5, 5.41) is 18.9. The molecule has 0 aromatic heterocycles. The molecule has 1 amide bonds. The van der Waals surface area contributed by atoms with Gasteiger partial charge in [-0.1, -0.05) is 12.1 Å². The molecule has 2 fully saturated rings. The third kappa shape index (κ3) is 3.02. The smallest absolute Gasteiger partial charge is 0.393 e. The van der Waals surface area contributed by atoms with Crippen molar-refractivity contribution in [2.45, 2.75) is 50.5 Å². The first-order chi connectivity index (χ1) is 11.2. The van der Waals surface area contributed by atoms with Gasteiger partial charge < -0.3 is 15.1 Å². The Labute approximate surface area is 137 Å². The van der Waals surface area contributed by atoms with Crippen LogP contribution in [0, 0.1) is 5.41 Å². The first kappa shape index (κ1) is 17.2. The maximum atomic E-state index is 12.8. The van der Waals surface area contributed by atoms with Gasteiger partial charge in [0.25, 0.3) is 0 Å². The highest BCUT2D eigenvalue weighted by Gasteiger charge is 2.48. The fourth-order valence-electron chi connectivity index (χ4n) is 3.71. The molecule has 2 N–H and O–H groups in total. The molecule has 132 valence electrons. The van der Waals surface area contributed by atoms with Crippen molar-refractivity contribution in [2.75, 3.05) is 11.4 Å². The maximum Gasteiger partial charge on any atom is 0.418 e. The molecule has 1 saturated heterocycles. The SMILES string of the molecule is O=C1N(c2ccc(C(O)C(F)(F)F)cc2)CCC12CCC(O)CC2. The molecule has 1 aliphatic carbocycles. The molecule has 1 spiro atoms. The number of anilines is 1. The minimum absolute atomic E-state index is 0.0153. The van der Waals surface area contributed by atoms with Crippen LogP contribution in [0.15, 0.2) is 24.3 Å². The first-order valence-electron chi connectivity index (χ1n) is 8.08. The van der Waals surface area contributed by atoms with Gasteiger partial charge in [-0.25, -0.2) is 0 Å². The van der Waals surface area contributed by atoms with Crippen molar-refractivity contribution in [3.63, 3.8) is 0 Å². The van der Waals surface area contributed by atoms with E-state index in [1.165, 1.54) is 24.3 Å². The number of nitrogens with zero attached hydrogens (tertiary/aromatic N) is 1. The van der Waals surface area contributed by atoms with Crippen LogP contribution in [0.5, 0.6) is 0 Å². The van der Waals surface area contributed by atoms with Crippen LogP contribution in [-0.2, 0) is 4.79 Å². The Kier molecular flexibility index (Phi) is 4.34. The van der Waals surface area contributed by atoms with Crippen LogP contribution >= 0.6 is 0 Å². The summed E-state index contributed by atoms with van der Waals surface area (Å²) in [6, 6.07) is 5.30. The predicted octanol–water partition coefficient (Wildman–Crippen LogP) is 2.94. The summed E-state index contributed by atoms with van der Waals surface area (Å²) < 4.78 is 37.6. The van der Waals surface area contributed by atoms with E-state index in [0.717, 1.165) is 0 Å². The van der Waals surface area contributed by atoms with Gasteiger partial charge in [-0.05, 0) is 49.8 Å². The molecule has 4 nitrogen and oxygen atoms in total. The minimum atomic E-state index is -4.71. The number of aliphatic hydroxyl groups is 2. The summed E-state index contributed by atoms with van der Waals surface area (Å²) in [5.74, 6) is -0.0153. The average Bonchev–Trinajstić information content (AvgIpc) is 2.86. The normalized spacial score (nSPS) is 29.3. The van der Waals surface area contributed by atoms with Crippen molar-refractivity contribution in [1.29, 1.82) is 0 Å². The Morgan fingerprint density at radius 3 is 2.25 bits per heavy atom. The quantitative estimate of drug-likeness (QED) is 0.868. The van der Waals surface area contributed by atoms with E-state index in [1.54, 1.807) is 4.90 Å². The molecule has 1 aliphatic heterocycles. The van der Waals surface area contributed by atoms with Gasteiger partial charge in [-0.15, -0.1) is 0 Å². The van der Waals surface area contributed by atoms with Gasteiger partial charge in [0.2, 0.25) is 5.91 Å². The number of hydrogen-bond donors (Lipinski definition) is 2. The molecule has 1 saturated carbocycles. The van der Waals surface area contributed by atoms with Crippen molar-refractivity contribution in [1.82, 2.24) is 0 Å². The Balaban J connectivity index is 1.75. The second-order valence-corrected chi connectivity index (χ2v) is 6.75. The third-order valence-corrected chi connectivity index (χ3v) is 5.26. The maximum absolute atomic E-state index is 12.8. The number of rotatable bonds is 2. The van der Waals surface area contributed by atoms with Crippen molar-refractivity contribution in [3.8, 4) is 0 Å². The van der Waals surface area contributed by atoms with E-state index in [-0.39, 0.29) is 17.6 Å². The number of amides is 1. The van der Waals surface area contributed by atoms with Crippen molar-refractivity contribution in [2.24, 2.45) is 5.41 Å². The minimum Gasteiger partial charge on any atom is -0.393 e. The lowest BCUT2D eigenvalue weighted by atomic mass is 9.72. The van der Waals surface area contributed by atoms with Crippen LogP contribution in [0.3, 0.4) is 0 Å². The Bertz CT molecular complexity index is 607. The standard InChI is InChI=1S/C17H20F3NO3/c18-17(19,20)14(23)11-1-3-12(4-2-11)21-10-9-16(15(21)24)7-5-13(22)6-8-16/h1-4,13-14,22-23H,5-10H2. The van der Waals surface area contributed by atoms with Crippen LogP contribution in [0.2, 0.25) is 0 Å². The number of benzene rings is 1. The summed E-state index contributed by atoms with van der Waals surface area (Å²) in [5.41, 5.74) is -0.141. The van der Waals surface area contributed by atoms with Gasteiger partial charge in [-0.2, -0.15) is 13.2 Å². The summed E-state index contributed by atoms with van der Waals surface area (Å²) in [7, 11) is 0. The topological polar surface area (TPSA) is 60.8 Å². The molecule has 1 aromatic carbocycles. The van der Waals surface area contributed by atoms with E-state index in [2.05, 4.69) is 0 Å². The van der Waals surface area contributed by atoms with Crippen LogP contribution in [-0.4, -0.2) is 34.9 Å². The molecule has 1 heterocycles. The lowest BCUT2D eigenvalue weighted by Gasteiger charge is -2.33. The van der Waals surface area contributed by atoms with E-state index < -0.39 is 17.7 Å². The van der Waals surface area contributed by atoms with Gasteiger partial charge >= 0.3 is 6.18 Å². The first-order valence-corrected chi connectivity index (χ1v) is 8.08. The average molecular weight is 343 g/mol. The number of carbonyl (C=O) groups is 1. The Morgan fingerprint density at radius 2 is 1.71 bits per heavy atom. The van der Waals surface area contributed by atoms with Crippen molar-refractivity contribution < 1.29 is 28.2 Å². The van der Waals surface area contributed by atoms with Crippen LogP contribution in [0.4, 0.5) is 18.9 Å². The highest BCUT2D eigenvalue weighted by atomic mass is 19.4. The lowest BCUT2D eigenvalue weighted by Crippen LogP contribution is -2.38. The number of carbonyl (C=O) groups excluding carboxylic acids is 1. The zero-order chi connectivity index (χ0) is 17.5. The zero-order valence-corrected chi connectivity index (χ0v) is 13.1. The fourth-order valence-corrected chi connectivity index (χ4v) is 3.71. The Hall–Kier alpha value is -1.60. The predicted molar refractivity (Wildman–Crippen MR) is 81.3 cm³/mol. The molecule has 0 bridgehead atoms. The van der Waals surface area contributed by atoms with E-state index in [9.17, 15) is 28.2 Å². The molecule has 7 heteroatoms. The highest BCUT2D eigenvalue weighted by Crippen LogP contribution is 2.46.